The molecule has 0 bridgehead atoms. The molecule has 0 amide bonds. The molecule has 0 spiro atoms. The van der Waals surface area contributed by atoms with Gasteiger partial charge in [0.05, 0.1) is 18.3 Å². The Hall–Kier alpha value is -1.98. The summed E-state index contributed by atoms with van der Waals surface area (Å²) < 4.78 is 17.3. The zero-order chi connectivity index (χ0) is 17.5. The highest BCUT2D eigenvalue weighted by Crippen LogP contribution is 2.36. The molecule has 1 aliphatic heterocycles. The maximum Gasteiger partial charge on any atom is 0.494 e. The van der Waals surface area contributed by atoms with Gasteiger partial charge in [0.2, 0.25) is 0 Å². The van der Waals surface area contributed by atoms with E-state index in [9.17, 15) is 5.11 Å². The maximum absolute atomic E-state index is 9.71. The van der Waals surface area contributed by atoms with Crippen LogP contribution in [-0.4, -0.2) is 30.5 Å². The van der Waals surface area contributed by atoms with E-state index in [2.05, 4.69) is 0 Å². The van der Waals surface area contributed by atoms with Crippen molar-refractivity contribution in [3.8, 4) is 22.6 Å². The molecule has 5 heteroatoms. The average molecular weight is 326 g/mol. The Labute approximate surface area is 143 Å². The second kappa shape index (κ2) is 5.83. The summed E-state index contributed by atoms with van der Waals surface area (Å²) in [4.78, 5) is 0. The number of aromatic hydroxyl groups is 1. The fraction of sp³-hybridized carbons (Fsp3) is 0.368. The van der Waals surface area contributed by atoms with Gasteiger partial charge in [-0.3, -0.25) is 0 Å². The summed E-state index contributed by atoms with van der Waals surface area (Å²) in [5.41, 5.74) is 2.31. The summed E-state index contributed by atoms with van der Waals surface area (Å²) in [5, 5.41) is 9.71. The van der Waals surface area contributed by atoms with E-state index in [-0.39, 0.29) is 24.1 Å². The SMILES string of the molecule is COc1cc(-c2ccc(B3OC(C)(C)C(C)(C)O3)cc2)ccc1O. The highest BCUT2D eigenvalue weighted by Gasteiger charge is 2.51. The van der Waals surface area contributed by atoms with Crippen LogP contribution in [0.3, 0.4) is 0 Å². The van der Waals surface area contributed by atoms with Gasteiger partial charge >= 0.3 is 7.12 Å². The van der Waals surface area contributed by atoms with Gasteiger partial charge in [-0.25, -0.2) is 0 Å². The largest absolute Gasteiger partial charge is 0.504 e. The van der Waals surface area contributed by atoms with Crippen LogP contribution >= 0.6 is 0 Å². The van der Waals surface area contributed by atoms with Crippen molar-refractivity contribution < 1.29 is 19.2 Å². The molecule has 1 saturated heterocycles. The summed E-state index contributed by atoms with van der Waals surface area (Å²) >= 11 is 0. The van der Waals surface area contributed by atoms with Gasteiger partial charge in [-0.15, -0.1) is 0 Å². The Morgan fingerprint density at radius 3 is 1.96 bits per heavy atom. The average Bonchev–Trinajstić information content (AvgIpc) is 2.76. The lowest BCUT2D eigenvalue weighted by molar-refractivity contribution is 0.00578. The summed E-state index contributed by atoms with van der Waals surface area (Å²) in [6, 6.07) is 13.4. The van der Waals surface area contributed by atoms with E-state index in [1.54, 1.807) is 13.2 Å². The van der Waals surface area contributed by atoms with Crippen LogP contribution in [0.5, 0.6) is 11.5 Å². The maximum atomic E-state index is 9.71. The Morgan fingerprint density at radius 1 is 0.875 bits per heavy atom. The van der Waals surface area contributed by atoms with Gasteiger partial charge in [0.15, 0.2) is 11.5 Å². The first-order valence-electron chi connectivity index (χ1n) is 8.06. The Balaban J connectivity index is 1.84. The van der Waals surface area contributed by atoms with E-state index in [0.717, 1.165) is 16.6 Å². The minimum absolute atomic E-state index is 0.134. The molecule has 0 radical (unpaired) electrons. The van der Waals surface area contributed by atoms with E-state index in [1.807, 2.05) is 64.1 Å². The molecule has 0 aromatic heterocycles. The molecule has 4 nitrogen and oxygen atoms in total. The van der Waals surface area contributed by atoms with Crippen LogP contribution in [-0.2, 0) is 9.31 Å². The van der Waals surface area contributed by atoms with Crippen LogP contribution in [0.1, 0.15) is 27.7 Å². The van der Waals surface area contributed by atoms with Gasteiger partial charge in [0.1, 0.15) is 0 Å². The van der Waals surface area contributed by atoms with Gasteiger partial charge in [-0.2, -0.15) is 0 Å². The zero-order valence-electron chi connectivity index (χ0n) is 14.8. The van der Waals surface area contributed by atoms with Crippen molar-refractivity contribution in [2.75, 3.05) is 7.11 Å². The number of hydrogen-bond acceptors (Lipinski definition) is 4. The monoisotopic (exact) mass is 326 g/mol. The van der Waals surface area contributed by atoms with Gasteiger partial charge in [0.25, 0.3) is 0 Å². The third kappa shape index (κ3) is 2.90. The molecule has 3 rings (SSSR count). The lowest BCUT2D eigenvalue weighted by Crippen LogP contribution is -2.41. The first-order chi connectivity index (χ1) is 11.2. The van der Waals surface area contributed by atoms with Gasteiger partial charge in [-0.05, 0) is 56.4 Å². The third-order valence-corrected chi connectivity index (χ3v) is 4.95. The number of benzene rings is 2. The van der Waals surface area contributed by atoms with Crippen molar-refractivity contribution in [3.63, 3.8) is 0 Å². The second-order valence-electron chi connectivity index (χ2n) is 7.10. The number of hydrogen-bond donors (Lipinski definition) is 1. The van der Waals surface area contributed by atoms with Crippen molar-refractivity contribution in [1.82, 2.24) is 0 Å². The molecule has 2 aromatic carbocycles. The minimum Gasteiger partial charge on any atom is -0.504 e. The normalized spacial score (nSPS) is 18.6. The Bertz CT molecular complexity index is 722. The molecule has 0 unspecified atom stereocenters. The number of methoxy groups -OCH3 is 1. The van der Waals surface area contributed by atoms with E-state index in [1.165, 1.54) is 0 Å². The molecule has 1 heterocycles. The molecule has 0 aliphatic carbocycles. The lowest BCUT2D eigenvalue weighted by atomic mass is 9.78. The summed E-state index contributed by atoms with van der Waals surface area (Å²) in [6.45, 7) is 8.18. The van der Waals surface area contributed by atoms with Crippen LogP contribution in [0, 0.1) is 0 Å². The van der Waals surface area contributed by atoms with E-state index >= 15 is 0 Å². The van der Waals surface area contributed by atoms with Crippen molar-refractivity contribution in [2.45, 2.75) is 38.9 Å². The second-order valence-corrected chi connectivity index (χ2v) is 7.10. The predicted molar refractivity (Wildman–Crippen MR) is 95.8 cm³/mol. The predicted octanol–water partition coefficient (Wildman–Crippen LogP) is 3.37. The molecule has 24 heavy (non-hydrogen) atoms. The molecular weight excluding hydrogens is 303 g/mol. The zero-order valence-corrected chi connectivity index (χ0v) is 14.8. The first kappa shape index (κ1) is 16.9. The van der Waals surface area contributed by atoms with Crippen molar-refractivity contribution >= 4 is 12.6 Å². The van der Waals surface area contributed by atoms with E-state index < -0.39 is 0 Å². The van der Waals surface area contributed by atoms with Gasteiger partial charge in [-0.1, -0.05) is 30.3 Å². The standard InChI is InChI=1S/C19H23BO4/c1-18(2)19(3,4)24-20(23-18)15-9-6-13(7-10-15)14-8-11-16(21)17(12-14)22-5/h6-12,21H,1-5H3. The van der Waals surface area contributed by atoms with Crippen LogP contribution in [0.25, 0.3) is 11.1 Å². The molecule has 126 valence electrons. The summed E-state index contributed by atoms with van der Waals surface area (Å²) in [6.07, 6.45) is 0. The summed E-state index contributed by atoms with van der Waals surface area (Å²) in [5.74, 6) is 0.595. The molecule has 1 aliphatic rings. The molecule has 1 N–H and O–H groups in total. The fourth-order valence-corrected chi connectivity index (χ4v) is 2.67. The number of ether oxygens (including phenoxy) is 1. The molecule has 0 atom stereocenters. The van der Waals surface area contributed by atoms with Gasteiger partial charge in [0, 0.05) is 0 Å². The van der Waals surface area contributed by atoms with E-state index in [0.29, 0.717) is 5.75 Å². The topological polar surface area (TPSA) is 47.9 Å². The smallest absolute Gasteiger partial charge is 0.494 e. The minimum atomic E-state index is -0.363. The molecular formula is C19H23BO4. The fourth-order valence-electron chi connectivity index (χ4n) is 2.67. The van der Waals surface area contributed by atoms with Gasteiger partial charge < -0.3 is 19.2 Å². The number of rotatable bonds is 3. The van der Waals surface area contributed by atoms with Crippen LogP contribution in [0.4, 0.5) is 0 Å². The van der Waals surface area contributed by atoms with E-state index in [4.69, 9.17) is 14.0 Å². The number of phenols is 1. The molecule has 0 saturated carbocycles. The Morgan fingerprint density at radius 2 is 1.42 bits per heavy atom. The van der Waals surface area contributed by atoms with Crippen molar-refractivity contribution in [1.29, 1.82) is 0 Å². The lowest BCUT2D eigenvalue weighted by Gasteiger charge is -2.32. The first-order valence-corrected chi connectivity index (χ1v) is 8.06. The highest BCUT2D eigenvalue weighted by atomic mass is 16.7. The molecule has 1 fully saturated rings. The molecule has 2 aromatic rings. The van der Waals surface area contributed by atoms with Crippen molar-refractivity contribution in [3.05, 3.63) is 42.5 Å². The number of phenolic OH excluding ortho intramolecular Hbond substituents is 1. The van der Waals surface area contributed by atoms with Crippen LogP contribution in [0.15, 0.2) is 42.5 Å². The highest BCUT2D eigenvalue weighted by molar-refractivity contribution is 6.62. The van der Waals surface area contributed by atoms with Crippen LogP contribution in [0.2, 0.25) is 0 Å². The van der Waals surface area contributed by atoms with Crippen molar-refractivity contribution in [2.24, 2.45) is 0 Å². The van der Waals surface area contributed by atoms with Crippen LogP contribution < -0.4 is 10.2 Å². The quantitative estimate of drug-likeness (QED) is 0.879. The summed E-state index contributed by atoms with van der Waals surface area (Å²) in [7, 11) is 1.18. The Kier molecular flexibility index (Phi) is 4.10. The third-order valence-electron chi connectivity index (χ3n) is 4.95.